The highest BCUT2D eigenvalue weighted by Crippen LogP contribution is 2.20. The summed E-state index contributed by atoms with van der Waals surface area (Å²) in [7, 11) is 1.38. The summed E-state index contributed by atoms with van der Waals surface area (Å²) in [6.45, 7) is 0.883. The first-order chi connectivity index (χ1) is 16.4. The highest BCUT2D eigenvalue weighted by Gasteiger charge is 2.15. The first-order valence-corrected chi connectivity index (χ1v) is 10.6. The second kappa shape index (κ2) is 10.0. The fourth-order valence-corrected chi connectivity index (χ4v) is 3.52. The van der Waals surface area contributed by atoms with E-state index in [1.54, 1.807) is 39.7 Å². The molecule has 0 aliphatic carbocycles. The molecule has 0 saturated heterocycles. The van der Waals surface area contributed by atoms with Crippen LogP contribution in [0.4, 0.5) is 10.3 Å². The van der Waals surface area contributed by atoms with E-state index < -0.39 is 11.7 Å². The van der Waals surface area contributed by atoms with Gasteiger partial charge in [0.25, 0.3) is 11.5 Å². The van der Waals surface area contributed by atoms with Crippen LogP contribution in [-0.2, 0) is 19.6 Å². The Balaban J connectivity index is 1.39. The van der Waals surface area contributed by atoms with Crippen LogP contribution in [-0.4, -0.2) is 27.1 Å². The standard InChI is InChI=1S/C25H24FN5O3/c1-34-21-6-4-5-19(23(21)26)13-28-24(33)20-16-31(25(27)29-20)15-18-10-8-17(9-11-18)14-30-12-3-2-7-22(30)32/h2-12,16H,13-15H2,1H3,(H2,27,29)(H,28,33). The van der Waals surface area contributed by atoms with Gasteiger partial charge < -0.3 is 24.9 Å². The molecule has 0 radical (unpaired) electrons. The quantitative estimate of drug-likeness (QED) is 0.420. The molecule has 0 fully saturated rings. The van der Waals surface area contributed by atoms with Crippen LogP contribution in [0.3, 0.4) is 0 Å². The first kappa shape index (κ1) is 22.8. The SMILES string of the molecule is COc1cccc(CNC(=O)c2cn(Cc3ccc(Cn4ccccc4=O)cc3)c(N)n2)c1F. The second-order valence-corrected chi connectivity index (χ2v) is 7.71. The number of halogens is 1. The van der Waals surface area contributed by atoms with E-state index in [0.717, 1.165) is 11.1 Å². The molecule has 4 rings (SSSR count). The van der Waals surface area contributed by atoms with Gasteiger partial charge in [-0.25, -0.2) is 9.37 Å². The number of ether oxygens (including phenoxy) is 1. The fraction of sp³-hybridized carbons (Fsp3) is 0.160. The molecule has 2 aromatic heterocycles. The minimum absolute atomic E-state index is 0.0133. The van der Waals surface area contributed by atoms with Crippen LogP contribution in [0.2, 0.25) is 0 Å². The number of hydrogen-bond acceptors (Lipinski definition) is 5. The lowest BCUT2D eigenvalue weighted by molar-refractivity contribution is 0.0946. The number of nitrogens with one attached hydrogen (secondary N) is 1. The van der Waals surface area contributed by atoms with Crippen molar-refractivity contribution in [3.63, 3.8) is 0 Å². The number of nitrogens with two attached hydrogens (primary N) is 1. The molecule has 0 atom stereocenters. The van der Waals surface area contributed by atoms with E-state index in [2.05, 4.69) is 10.3 Å². The Bertz CT molecular complexity index is 1360. The largest absolute Gasteiger partial charge is 0.494 e. The summed E-state index contributed by atoms with van der Waals surface area (Å²) in [6.07, 6.45) is 3.31. The molecule has 2 heterocycles. The maximum Gasteiger partial charge on any atom is 0.271 e. The Kier molecular flexibility index (Phi) is 6.72. The number of aromatic nitrogens is 3. The molecule has 0 spiro atoms. The number of amides is 1. The van der Waals surface area contributed by atoms with E-state index in [0.29, 0.717) is 18.7 Å². The average Bonchev–Trinajstić information content (AvgIpc) is 3.21. The molecule has 8 nitrogen and oxygen atoms in total. The van der Waals surface area contributed by atoms with Crippen LogP contribution >= 0.6 is 0 Å². The zero-order chi connectivity index (χ0) is 24.1. The zero-order valence-electron chi connectivity index (χ0n) is 18.6. The van der Waals surface area contributed by atoms with Gasteiger partial charge in [-0.05, 0) is 23.3 Å². The molecule has 0 bridgehead atoms. The summed E-state index contributed by atoms with van der Waals surface area (Å²) in [5, 5.41) is 2.65. The number of imidazole rings is 1. The Labute approximate surface area is 195 Å². The summed E-state index contributed by atoms with van der Waals surface area (Å²) < 4.78 is 22.5. The van der Waals surface area contributed by atoms with Crippen molar-refractivity contribution in [3.8, 4) is 5.75 Å². The summed E-state index contributed by atoms with van der Waals surface area (Å²) in [5.74, 6) is -0.674. The summed E-state index contributed by atoms with van der Waals surface area (Å²) in [4.78, 5) is 28.5. The van der Waals surface area contributed by atoms with E-state index in [1.165, 1.54) is 19.2 Å². The van der Waals surface area contributed by atoms with Gasteiger partial charge in [0.2, 0.25) is 5.95 Å². The van der Waals surface area contributed by atoms with Crippen LogP contribution in [0.5, 0.6) is 5.75 Å². The normalized spacial score (nSPS) is 10.8. The van der Waals surface area contributed by atoms with Crippen molar-refractivity contribution in [2.24, 2.45) is 0 Å². The number of rotatable bonds is 8. The van der Waals surface area contributed by atoms with Gasteiger partial charge in [0.1, 0.15) is 5.69 Å². The monoisotopic (exact) mass is 461 g/mol. The lowest BCUT2D eigenvalue weighted by Gasteiger charge is -2.08. The molecule has 0 unspecified atom stereocenters. The van der Waals surface area contributed by atoms with E-state index >= 15 is 0 Å². The van der Waals surface area contributed by atoms with E-state index in [4.69, 9.17) is 10.5 Å². The van der Waals surface area contributed by atoms with Crippen molar-refractivity contribution in [3.05, 3.63) is 112 Å². The van der Waals surface area contributed by atoms with Crippen LogP contribution in [0.25, 0.3) is 0 Å². The van der Waals surface area contributed by atoms with E-state index in [9.17, 15) is 14.0 Å². The van der Waals surface area contributed by atoms with Crippen molar-refractivity contribution in [2.75, 3.05) is 12.8 Å². The van der Waals surface area contributed by atoms with Crippen LogP contribution in [0, 0.1) is 5.82 Å². The fourth-order valence-electron chi connectivity index (χ4n) is 3.52. The Morgan fingerprint density at radius 2 is 1.74 bits per heavy atom. The predicted molar refractivity (Wildman–Crippen MR) is 126 cm³/mol. The van der Waals surface area contributed by atoms with Gasteiger partial charge in [-0.15, -0.1) is 0 Å². The van der Waals surface area contributed by atoms with E-state index in [1.807, 2.05) is 30.3 Å². The van der Waals surface area contributed by atoms with Crippen molar-refractivity contribution in [1.82, 2.24) is 19.4 Å². The Morgan fingerprint density at radius 1 is 1.03 bits per heavy atom. The van der Waals surface area contributed by atoms with Crippen molar-refractivity contribution >= 4 is 11.9 Å². The number of pyridine rings is 1. The number of benzene rings is 2. The Hall–Kier alpha value is -4.40. The van der Waals surface area contributed by atoms with Gasteiger partial charge >= 0.3 is 0 Å². The number of methoxy groups -OCH3 is 1. The minimum atomic E-state index is -0.518. The molecule has 174 valence electrons. The van der Waals surface area contributed by atoms with Crippen molar-refractivity contribution in [1.29, 1.82) is 0 Å². The predicted octanol–water partition coefficient (Wildman–Crippen LogP) is 2.80. The van der Waals surface area contributed by atoms with E-state index in [-0.39, 0.29) is 29.5 Å². The topological polar surface area (TPSA) is 104 Å². The van der Waals surface area contributed by atoms with Crippen molar-refractivity contribution < 1.29 is 13.9 Å². The molecular weight excluding hydrogens is 437 g/mol. The minimum Gasteiger partial charge on any atom is -0.494 e. The number of nitrogens with zero attached hydrogens (tertiary/aromatic N) is 3. The van der Waals surface area contributed by atoms with Gasteiger partial charge in [0, 0.05) is 30.6 Å². The summed E-state index contributed by atoms with van der Waals surface area (Å²) in [6, 6.07) is 17.6. The zero-order valence-corrected chi connectivity index (χ0v) is 18.6. The molecule has 2 aromatic carbocycles. The molecule has 9 heteroatoms. The molecule has 0 saturated carbocycles. The third kappa shape index (κ3) is 5.15. The lowest BCUT2D eigenvalue weighted by atomic mass is 10.1. The Morgan fingerprint density at radius 3 is 2.41 bits per heavy atom. The average molecular weight is 461 g/mol. The molecule has 4 aromatic rings. The number of carbonyl (C=O) groups excluding carboxylic acids is 1. The van der Waals surface area contributed by atoms with Crippen LogP contribution < -0.4 is 21.3 Å². The van der Waals surface area contributed by atoms with Gasteiger partial charge in [-0.3, -0.25) is 9.59 Å². The van der Waals surface area contributed by atoms with Gasteiger partial charge in [0.05, 0.1) is 20.2 Å². The number of nitrogen functional groups attached to an aromatic ring is 1. The van der Waals surface area contributed by atoms with Crippen LogP contribution in [0.15, 0.2) is 77.9 Å². The number of hydrogen-bond donors (Lipinski definition) is 2. The van der Waals surface area contributed by atoms with Gasteiger partial charge in [0.15, 0.2) is 11.6 Å². The van der Waals surface area contributed by atoms with Crippen LogP contribution in [0.1, 0.15) is 27.2 Å². The molecule has 1 amide bonds. The molecule has 0 aliphatic rings. The highest BCUT2D eigenvalue weighted by atomic mass is 19.1. The summed E-state index contributed by atoms with van der Waals surface area (Å²) in [5.41, 5.74) is 8.33. The summed E-state index contributed by atoms with van der Waals surface area (Å²) >= 11 is 0. The second-order valence-electron chi connectivity index (χ2n) is 7.71. The smallest absolute Gasteiger partial charge is 0.271 e. The third-order valence-corrected chi connectivity index (χ3v) is 5.37. The maximum atomic E-state index is 14.3. The molecule has 0 aliphatic heterocycles. The van der Waals surface area contributed by atoms with Crippen molar-refractivity contribution in [2.45, 2.75) is 19.6 Å². The lowest BCUT2D eigenvalue weighted by Crippen LogP contribution is -2.23. The van der Waals surface area contributed by atoms with Gasteiger partial charge in [-0.1, -0.05) is 42.5 Å². The highest BCUT2D eigenvalue weighted by molar-refractivity contribution is 5.92. The first-order valence-electron chi connectivity index (χ1n) is 10.6. The molecule has 34 heavy (non-hydrogen) atoms. The third-order valence-electron chi connectivity index (χ3n) is 5.37. The molecular formula is C25H24FN5O3. The maximum absolute atomic E-state index is 14.3. The number of carbonyl (C=O) groups is 1. The molecule has 3 N–H and O–H groups in total. The number of anilines is 1. The van der Waals surface area contributed by atoms with Gasteiger partial charge in [-0.2, -0.15) is 0 Å².